The maximum Gasteiger partial charge on any atom is 0.313 e. The second-order valence-corrected chi connectivity index (χ2v) is 9.12. The molecular weight excluding hydrogens is 415 g/mol. The van der Waals surface area contributed by atoms with E-state index in [1.807, 2.05) is 12.1 Å². The molecule has 3 aromatic rings. The molecule has 1 saturated heterocycles. The molecule has 0 unspecified atom stereocenters. The van der Waals surface area contributed by atoms with E-state index in [1.54, 1.807) is 17.4 Å². The van der Waals surface area contributed by atoms with E-state index in [4.69, 9.17) is 14.7 Å². The molecule has 8 heteroatoms. The quantitative estimate of drug-likeness (QED) is 0.576. The zero-order valence-corrected chi connectivity index (χ0v) is 18.4. The van der Waals surface area contributed by atoms with E-state index in [1.165, 1.54) is 36.5 Å². The molecule has 2 aromatic heterocycles. The van der Waals surface area contributed by atoms with E-state index in [0.717, 1.165) is 42.0 Å². The average molecular weight is 441 g/mol. The fourth-order valence-electron chi connectivity index (χ4n) is 4.56. The Balaban J connectivity index is 1.49. The number of hydrogen-bond donors (Lipinski definition) is 0. The predicted molar refractivity (Wildman–Crippen MR) is 121 cm³/mol. The Morgan fingerprint density at radius 2 is 1.84 bits per heavy atom. The number of aromatic nitrogens is 2. The molecule has 6 nitrogen and oxygen atoms in total. The monoisotopic (exact) mass is 440 g/mol. The number of methoxy groups -OCH3 is 1. The van der Waals surface area contributed by atoms with Gasteiger partial charge in [-0.2, -0.15) is 0 Å². The van der Waals surface area contributed by atoms with Crippen molar-refractivity contribution in [2.24, 2.45) is 0 Å². The molecule has 0 spiro atoms. The molecule has 5 rings (SSSR count). The fourth-order valence-corrected chi connectivity index (χ4v) is 5.83. The Labute approximate surface area is 184 Å². The second kappa shape index (κ2) is 8.42. The molecule has 0 atom stereocenters. The molecular formula is C23H25FN4O2S. The summed E-state index contributed by atoms with van der Waals surface area (Å²) in [6.07, 6.45) is 4.60. The number of halogens is 1. The van der Waals surface area contributed by atoms with Crippen LogP contribution in [0.3, 0.4) is 0 Å². The van der Waals surface area contributed by atoms with Gasteiger partial charge < -0.3 is 14.5 Å². The summed E-state index contributed by atoms with van der Waals surface area (Å²) >= 11 is 1.74. The SMILES string of the molecule is COC(=O)Cc1nc(N2CCN(c3ccccc3F)CC2)c2c3c(sc2n1)CCCC3. The Kier molecular flexibility index (Phi) is 5.48. The molecule has 0 amide bonds. The van der Waals surface area contributed by atoms with Gasteiger partial charge in [0, 0.05) is 31.1 Å². The van der Waals surface area contributed by atoms with Crippen molar-refractivity contribution < 1.29 is 13.9 Å². The Hall–Kier alpha value is -2.74. The highest BCUT2D eigenvalue weighted by Gasteiger charge is 2.27. The van der Waals surface area contributed by atoms with Crippen LogP contribution in [0.1, 0.15) is 29.1 Å². The van der Waals surface area contributed by atoms with Gasteiger partial charge in [-0.25, -0.2) is 14.4 Å². The van der Waals surface area contributed by atoms with Crippen LogP contribution in [-0.2, 0) is 28.8 Å². The van der Waals surface area contributed by atoms with Crippen LogP contribution in [0.25, 0.3) is 10.2 Å². The van der Waals surface area contributed by atoms with Crippen molar-refractivity contribution in [2.75, 3.05) is 43.1 Å². The minimum Gasteiger partial charge on any atom is -0.469 e. The van der Waals surface area contributed by atoms with Crippen molar-refractivity contribution in [3.63, 3.8) is 0 Å². The number of carbonyl (C=O) groups is 1. The Morgan fingerprint density at radius 1 is 1.10 bits per heavy atom. The van der Waals surface area contributed by atoms with E-state index >= 15 is 0 Å². The van der Waals surface area contributed by atoms with Crippen molar-refractivity contribution in [1.82, 2.24) is 9.97 Å². The van der Waals surface area contributed by atoms with Gasteiger partial charge in [0.05, 0.1) is 18.2 Å². The largest absolute Gasteiger partial charge is 0.469 e. The van der Waals surface area contributed by atoms with Crippen LogP contribution in [0.2, 0.25) is 0 Å². The van der Waals surface area contributed by atoms with Gasteiger partial charge in [0.25, 0.3) is 0 Å². The van der Waals surface area contributed by atoms with Gasteiger partial charge in [-0.15, -0.1) is 11.3 Å². The maximum atomic E-state index is 14.2. The molecule has 2 aliphatic rings. The summed E-state index contributed by atoms with van der Waals surface area (Å²) in [6, 6.07) is 6.93. The highest BCUT2D eigenvalue weighted by atomic mass is 32.1. The lowest BCUT2D eigenvalue weighted by Crippen LogP contribution is -2.47. The summed E-state index contributed by atoms with van der Waals surface area (Å²) in [5.41, 5.74) is 2.02. The number of esters is 1. The number of nitrogens with zero attached hydrogens (tertiary/aromatic N) is 4. The number of para-hydroxylation sites is 1. The van der Waals surface area contributed by atoms with Crippen LogP contribution in [0.15, 0.2) is 24.3 Å². The van der Waals surface area contributed by atoms with Crippen molar-refractivity contribution >= 4 is 39.0 Å². The smallest absolute Gasteiger partial charge is 0.313 e. The first-order valence-electron chi connectivity index (χ1n) is 10.8. The number of ether oxygens (including phenoxy) is 1. The van der Waals surface area contributed by atoms with E-state index in [9.17, 15) is 9.18 Å². The van der Waals surface area contributed by atoms with Crippen molar-refractivity contribution in [3.05, 3.63) is 46.3 Å². The summed E-state index contributed by atoms with van der Waals surface area (Å²) in [5, 5.41) is 1.15. The minimum absolute atomic E-state index is 0.0667. The third-order valence-electron chi connectivity index (χ3n) is 6.14. The predicted octanol–water partition coefficient (Wildman–Crippen LogP) is 3.75. The summed E-state index contributed by atoms with van der Waals surface area (Å²) in [7, 11) is 1.38. The van der Waals surface area contributed by atoms with Crippen LogP contribution in [0, 0.1) is 5.82 Å². The third kappa shape index (κ3) is 3.84. The third-order valence-corrected chi connectivity index (χ3v) is 7.33. The number of fused-ring (bicyclic) bond motifs is 3. The van der Waals surface area contributed by atoms with E-state index < -0.39 is 0 Å². The second-order valence-electron chi connectivity index (χ2n) is 8.03. The number of piperazine rings is 1. The summed E-state index contributed by atoms with van der Waals surface area (Å²) in [4.78, 5) is 28.1. The maximum absolute atomic E-state index is 14.2. The topological polar surface area (TPSA) is 58.6 Å². The molecule has 162 valence electrons. The first kappa shape index (κ1) is 20.2. The first-order valence-corrected chi connectivity index (χ1v) is 11.6. The fraction of sp³-hybridized carbons (Fsp3) is 0.435. The molecule has 1 aromatic carbocycles. The number of benzene rings is 1. The van der Waals surface area contributed by atoms with Crippen molar-refractivity contribution in [1.29, 1.82) is 0 Å². The zero-order valence-electron chi connectivity index (χ0n) is 17.6. The number of rotatable bonds is 4. The van der Waals surface area contributed by atoms with Crippen LogP contribution in [0.5, 0.6) is 0 Å². The molecule has 0 N–H and O–H groups in total. The van der Waals surface area contributed by atoms with E-state index in [0.29, 0.717) is 24.6 Å². The van der Waals surface area contributed by atoms with Crippen LogP contribution < -0.4 is 9.80 Å². The van der Waals surface area contributed by atoms with E-state index in [2.05, 4.69) is 9.80 Å². The van der Waals surface area contributed by atoms with Crippen LogP contribution in [0.4, 0.5) is 15.9 Å². The summed E-state index contributed by atoms with van der Waals surface area (Å²) in [6.45, 7) is 2.90. The number of carbonyl (C=O) groups excluding carboxylic acids is 1. The summed E-state index contributed by atoms with van der Waals surface area (Å²) < 4.78 is 19.1. The van der Waals surface area contributed by atoms with Crippen molar-refractivity contribution in [3.8, 4) is 0 Å². The molecule has 1 aliphatic carbocycles. The number of aryl methyl sites for hydroxylation is 2. The number of thiophene rings is 1. The first-order chi connectivity index (χ1) is 15.1. The Morgan fingerprint density at radius 3 is 2.61 bits per heavy atom. The van der Waals surface area contributed by atoms with Gasteiger partial charge in [0.1, 0.15) is 28.7 Å². The lowest BCUT2D eigenvalue weighted by molar-refractivity contribution is -0.139. The summed E-state index contributed by atoms with van der Waals surface area (Å²) in [5.74, 6) is 0.893. The molecule has 31 heavy (non-hydrogen) atoms. The molecule has 0 bridgehead atoms. The average Bonchev–Trinajstić information content (AvgIpc) is 3.17. The van der Waals surface area contributed by atoms with Gasteiger partial charge in [-0.3, -0.25) is 4.79 Å². The zero-order chi connectivity index (χ0) is 21.4. The highest BCUT2D eigenvalue weighted by molar-refractivity contribution is 7.19. The molecule has 1 aliphatic heterocycles. The molecule has 3 heterocycles. The Bertz CT molecular complexity index is 1120. The van der Waals surface area contributed by atoms with Crippen LogP contribution in [-0.4, -0.2) is 49.2 Å². The lowest BCUT2D eigenvalue weighted by atomic mass is 9.97. The number of anilines is 2. The highest BCUT2D eigenvalue weighted by Crippen LogP contribution is 2.40. The molecule has 0 radical (unpaired) electrons. The van der Waals surface area contributed by atoms with Gasteiger partial charge in [-0.1, -0.05) is 12.1 Å². The minimum atomic E-state index is -0.337. The molecule has 1 fully saturated rings. The van der Waals surface area contributed by atoms with Crippen LogP contribution >= 0.6 is 11.3 Å². The van der Waals surface area contributed by atoms with Gasteiger partial charge >= 0.3 is 5.97 Å². The molecule has 0 saturated carbocycles. The van der Waals surface area contributed by atoms with Gasteiger partial charge in [0.2, 0.25) is 0 Å². The normalized spacial score (nSPS) is 16.5. The standard InChI is InChI=1S/C23H25FN4O2S/c1-30-20(29)14-19-25-22(21-15-6-2-5-9-18(15)31-23(21)26-19)28-12-10-27(11-13-28)17-8-4-3-7-16(17)24/h3-4,7-8H,2,5-6,9-14H2,1H3. The lowest BCUT2D eigenvalue weighted by Gasteiger charge is -2.37. The van der Waals surface area contributed by atoms with Crippen molar-refractivity contribution in [2.45, 2.75) is 32.1 Å². The number of hydrogen-bond acceptors (Lipinski definition) is 7. The van der Waals surface area contributed by atoms with Gasteiger partial charge in [0.15, 0.2) is 0 Å². The van der Waals surface area contributed by atoms with E-state index in [-0.39, 0.29) is 18.2 Å². The van der Waals surface area contributed by atoms with Gasteiger partial charge in [-0.05, 0) is 43.4 Å².